The summed E-state index contributed by atoms with van der Waals surface area (Å²) in [4.78, 5) is 22.9. The Bertz CT molecular complexity index is 1860. The van der Waals surface area contributed by atoms with E-state index in [0.29, 0.717) is 47.5 Å². The van der Waals surface area contributed by atoms with Crippen molar-refractivity contribution < 1.29 is 19.4 Å². The summed E-state index contributed by atoms with van der Waals surface area (Å²) < 4.78 is 12.6. The average molecular weight is 605 g/mol. The number of likely N-dealkylation sites (tertiary alicyclic amines) is 1. The van der Waals surface area contributed by atoms with Crippen LogP contribution in [-0.2, 0) is 17.9 Å². The van der Waals surface area contributed by atoms with Crippen LogP contribution in [0.5, 0.6) is 17.4 Å². The molecule has 0 saturated carbocycles. The van der Waals surface area contributed by atoms with Crippen molar-refractivity contribution in [2.45, 2.75) is 38.5 Å². The number of hydrogen-bond acceptors (Lipinski definition) is 7. The van der Waals surface area contributed by atoms with Gasteiger partial charge in [-0.2, -0.15) is 5.26 Å². The highest BCUT2D eigenvalue weighted by molar-refractivity contribution is 6.32. The van der Waals surface area contributed by atoms with Crippen LogP contribution in [-0.4, -0.2) is 38.5 Å². The zero-order valence-corrected chi connectivity index (χ0v) is 24.6. The fourth-order valence-electron chi connectivity index (χ4n) is 5.58. The van der Waals surface area contributed by atoms with Gasteiger partial charge in [0.1, 0.15) is 24.7 Å². The molecule has 0 radical (unpaired) electrons. The highest BCUT2D eigenvalue weighted by atomic mass is 35.5. The van der Waals surface area contributed by atoms with Crippen LogP contribution < -0.4 is 9.47 Å². The summed E-state index contributed by atoms with van der Waals surface area (Å²) in [5.41, 5.74) is 4.83. The predicted octanol–water partition coefficient (Wildman–Crippen LogP) is 7.63. The molecule has 1 aromatic heterocycles. The lowest BCUT2D eigenvalue weighted by Crippen LogP contribution is -2.44. The second-order valence-electron chi connectivity index (χ2n) is 10.7. The molecule has 1 aliphatic heterocycles. The van der Waals surface area contributed by atoms with Gasteiger partial charge in [-0.1, -0.05) is 72.6 Å². The van der Waals surface area contributed by atoms with Crippen molar-refractivity contribution in [3.63, 3.8) is 0 Å². The van der Waals surface area contributed by atoms with Gasteiger partial charge in [0.15, 0.2) is 5.75 Å². The number of aromatic nitrogens is 2. The molecule has 9 heteroatoms. The number of carboxylic acids is 1. The van der Waals surface area contributed by atoms with Crippen LogP contribution >= 0.6 is 11.6 Å². The van der Waals surface area contributed by atoms with E-state index in [0.717, 1.165) is 46.0 Å². The van der Waals surface area contributed by atoms with Crippen molar-refractivity contribution in [1.82, 2.24) is 14.9 Å². The zero-order chi connectivity index (χ0) is 30.5. The number of ether oxygens (including phenoxy) is 2. The maximum Gasteiger partial charge on any atom is 0.320 e. The van der Waals surface area contributed by atoms with E-state index < -0.39 is 12.0 Å². The van der Waals surface area contributed by atoms with Gasteiger partial charge in [0.05, 0.1) is 27.6 Å². The zero-order valence-electron chi connectivity index (χ0n) is 23.8. The Labute approximate surface area is 260 Å². The summed E-state index contributed by atoms with van der Waals surface area (Å²) in [6.07, 6.45) is 3.85. The molecule has 8 nitrogen and oxygen atoms in total. The Balaban J connectivity index is 1.36. The molecule has 6 rings (SSSR count). The number of benzene rings is 4. The molecule has 1 aliphatic rings. The number of hydrogen-bond donors (Lipinski definition) is 1. The van der Waals surface area contributed by atoms with Gasteiger partial charge in [0.25, 0.3) is 0 Å². The molecule has 0 aliphatic carbocycles. The van der Waals surface area contributed by atoms with Crippen molar-refractivity contribution >= 4 is 28.5 Å². The summed E-state index contributed by atoms with van der Waals surface area (Å²) in [6, 6.07) is 28.1. The molecule has 1 fully saturated rings. The first-order valence-electron chi connectivity index (χ1n) is 14.4. The van der Waals surface area contributed by atoms with E-state index in [1.54, 1.807) is 24.3 Å². The highest BCUT2D eigenvalue weighted by Crippen LogP contribution is 2.39. The molecule has 1 N–H and O–H groups in total. The van der Waals surface area contributed by atoms with Crippen LogP contribution in [0.1, 0.15) is 36.0 Å². The number of rotatable bonds is 9. The van der Waals surface area contributed by atoms with Crippen LogP contribution in [0.4, 0.5) is 0 Å². The monoisotopic (exact) mass is 604 g/mol. The van der Waals surface area contributed by atoms with Gasteiger partial charge in [-0.05, 0) is 54.8 Å². The van der Waals surface area contributed by atoms with E-state index in [4.69, 9.17) is 21.1 Å². The topological polar surface area (TPSA) is 109 Å². The second kappa shape index (κ2) is 13.1. The third kappa shape index (κ3) is 6.35. The molecule has 0 spiro atoms. The Hall–Kier alpha value is -4.97. The van der Waals surface area contributed by atoms with Gasteiger partial charge in [-0.15, -0.1) is 0 Å². The molecule has 0 amide bonds. The third-order valence-corrected chi connectivity index (χ3v) is 8.05. The summed E-state index contributed by atoms with van der Waals surface area (Å²) in [7, 11) is 0. The van der Waals surface area contributed by atoms with E-state index >= 15 is 0 Å². The molecule has 1 saturated heterocycles. The smallest absolute Gasteiger partial charge is 0.320 e. The predicted molar refractivity (Wildman–Crippen MR) is 168 cm³/mol. The van der Waals surface area contributed by atoms with Crippen LogP contribution in [0.15, 0.2) is 91.3 Å². The van der Waals surface area contributed by atoms with E-state index in [9.17, 15) is 15.2 Å². The van der Waals surface area contributed by atoms with Gasteiger partial charge in [0.2, 0.25) is 5.88 Å². The lowest BCUT2D eigenvalue weighted by Gasteiger charge is -2.33. The van der Waals surface area contributed by atoms with Crippen molar-refractivity contribution in [3.05, 3.63) is 113 Å². The minimum atomic E-state index is -0.836. The Morgan fingerprint density at radius 2 is 1.84 bits per heavy atom. The van der Waals surface area contributed by atoms with Gasteiger partial charge in [0, 0.05) is 23.7 Å². The molecule has 44 heavy (non-hydrogen) atoms. The number of fused-ring (bicyclic) bond motifs is 1. The molecular weight excluding hydrogens is 576 g/mol. The molecular formula is C35H29ClN4O4. The van der Waals surface area contributed by atoms with Crippen LogP contribution in [0, 0.1) is 11.3 Å². The highest BCUT2D eigenvalue weighted by Gasteiger charge is 2.29. The number of nitriles is 1. The van der Waals surface area contributed by atoms with Crippen LogP contribution in [0.3, 0.4) is 0 Å². The molecule has 1 unspecified atom stereocenters. The quantitative estimate of drug-likeness (QED) is 0.183. The third-order valence-electron chi connectivity index (χ3n) is 7.76. The SMILES string of the molecule is N#Cc1cccc(COc2cc(Oc3ncnc4c(-c5ccccc5)cccc34)c(Cl)cc2CN2CCCCC2C(=O)O)c1. The summed E-state index contributed by atoms with van der Waals surface area (Å²) in [5.74, 6) is 0.355. The van der Waals surface area contributed by atoms with Gasteiger partial charge >= 0.3 is 5.97 Å². The fraction of sp³-hybridized carbons (Fsp3) is 0.200. The van der Waals surface area contributed by atoms with E-state index in [1.807, 2.05) is 65.6 Å². The molecule has 5 aromatic rings. The Kier molecular flexibility index (Phi) is 8.69. The maximum absolute atomic E-state index is 12.0. The molecule has 4 aromatic carbocycles. The number of nitrogens with zero attached hydrogens (tertiary/aromatic N) is 4. The van der Waals surface area contributed by atoms with Crippen molar-refractivity contribution in [3.8, 4) is 34.6 Å². The Morgan fingerprint density at radius 1 is 1.00 bits per heavy atom. The van der Waals surface area contributed by atoms with Crippen molar-refractivity contribution in [1.29, 1.82) is 5.26 Å². The standard InChI is InChI=1S/C35H29ClN4O4/c36-29-17-26(20-40-15-5-4-14-30(40)35(41)42)31(43-21-24-9-6-8-23(16-24)19-37)18-32(29)44-34-28-13-7-12-27(33(28)38-22-39-34)25-10-2-1-3-11-25/h1-3,6-13,16-18,22,30H,4-5,14-15,20-21H2,(H,41,42). The average Bonchev–Trinajstić information content (AvgIpc) is 3.06. The first-order valence-corrected chi connectivity index (χ1v) is 14.8. The minimum absolute atomic E-state index is 0.197. The number of piperidine rings is 1. The first kappa shape index (κ1) is 29.1. The number of aliphatic carboxylic acids is 1. The molecule has 2 heterocycles. The van der Waals surface area contributed by atoms with E-state index in [2.05, 4.69) is 16.0 Å². The largest absolute Gasteiger partial charge is 0.488 e. The normalized spacial score (nSPS) is 15.0. The number of para-hydroxylation sites is 1. The maximum atomic E-state index is 12.0. The van der Waals surface area contributed by atoms with Gasteiger partial charge < -0.3 is 14.6 Å². The van der Waals surface area contributed by atoms with Crippen molar-refractivity contribution in [2.24, 2.45) is 0 Å². The lowest BCUT2D eigenvalue weighted by molar-refractivity contribution is -0.144. The molecule has 0 bridgehead atoms. The van der Waals surface area contributed by atoms with E-state index in [-0.39, 0.29) is 6.61 Å². The van der Waals surface area contributed by atoms with Crippen LogP contribution in [0.25, 0.3) is 22.0 Å². The lowest BCUT2D eigenvalue weighted by atomic mass is 10.0. The molecule has 220 valence electrons. The number of carbonyl (C=O) groups is 1. The summed E-state index contributed by atoms with van der Waals surface area (Å²) in [6.45, 7) is 1.21. The fourth-order valence-corrected chi connectivity index (χ4v) is 5.81. The van der Waals surface area contributed by atoms with Crippen LogP contribution in [0.2, 0.25) is 5.02 Å². The van der Waals surface area contributed by atoms with Crippen molar-refractivity contribution in [2.75, 3.05) is 6.54 Å². The number of carboxylic acid groups (broad SMARTS) is 1. The van der Waals surface area contributed by atoms with E-state index in [1.165, 1.54) is 6.33 Å². The second-order valence-corrected chi connectivity index (χ2v) is 11.1. The Morgan fingerprint density at radius 3 is 2.66 bits per heavy atom. The van der Waals surface area contributed by atoms with Gasteiger partial charge in [-0.25, -0.2) is 9.97 Å². The summed E-state index contributed by atoms with van der Waals surface area (Å²) >= 11 is 6.81. The molecule has 1 atom stereocenters. The number of halogens is 1. The summed E-state index contributed by atoms with van der Waals surface area (Å²) in [5, 5.41) is 20.2. The minimum Gasteiger partial charge on any atom is -0.488 e. The first-order chi connectivity index (χ1) is 21.5. The van der Waals surface area contributed by atoms with Gasteiger partial charge in [-0.3, -0.25) is 9.69 Å².